The monoisotopic (exact) mass is 308 g/mol. The number of methoxy groups -OCH3 is 2. The Kier molecular flexibility index (Phi) is 3.98. The number of carbonyl (C=O) groups excluding carboxylic acids is 2. The number of fused-ring (bicyclic) bond motifs is 3. The second-order valence-corrected chi connectivity index (χ2v) is 5.34. The van der Waals surface area contributed by atoms with Gasteiger partial charge in [0.1, 0.15) is 0 Å². The molecular formula is C19H16O4. The van der Waals surface area contributed by atoms with Crippen LogP contribution in [0.5, 0.6) is 0 Å². The van der Waals surface area contributed by atoms with Crippen molar-refractivity contribution in [2.75, 3.05) is 14.2 Å². The second-order valence-electron chi connectivity index (χ2n) is 5.34. The molecule has 0 N–H and O–H groups in total. The number of carbonyl (C=O) groups is 2. The maximum atomic E-state index is 12.0. The minimum absolute atomic E-state index is 0.210. The lowest BCUT2D eigenvalue weighted by molar-refractivity contribution is 0.0555. The van der Waals surface area contributed by atoms with E-state index in [0.29, 0.717) is 0 Å². The molecule has 0 aliphatic heterocycles. The van der Waals surface area contributed by atoms with Crippen LogP contribution in [0.4, 0.5) is 0 Å². The van der Waals surface area contributed by atoms with E-state index >= 15 is 0 Å². The van der Waals surface area contributed by atoms with Crippen LogP contribution in [0, 0.1) is 0 Å². The molecule has 2 bridgehead atoms. The Bertz CT molecular complexity index is 825. The molecule has 0 fully saturated rings. The van der Waals surface area contributed by atoms with E-state index < -0.39 is 11.9 Å². The predicted molar refractivity (Wildman–Crippen MR) is 87.2 cm³/mol. The van der Waals surface area contributed by atoms with Crippen LogP contribution in [-0.4, -0.2) is 26.2 Å². The molecule has 4 heteroatoms. The Labute approximate surface area is 133 Å². The van der Waals surface area contributed by atoms with Gasteiger partial charge in [0.15, 0.2) is 0 Å². The predicted octanol–water partition coefficient (Wildman–Crippen LogP) is 1.65. The van der Waals surface area contributed by atoms with Gasteiger partial charge in [-0.2, -0.15) is 0 Å². The molecule has 0 saturated carbocycles. The van der Waals surface area contributed by atoms with Gasteiger partial charge in [0, 0.05) is 0 Å². The highest BCUT2D eigenvalue weighted by atomic mass is 16.5. The van der Waals surface area contributed by atoms with Gasteiger partial charge >= 0.3 is 11.9 Å². The van der Waals surface area contributed by atoms with Crippen LogP contribution >= 0.6 is 0 Å². The summed E-state index contributed by atoms with van der Waals surface area (Å²) in [6.07, 6.45) is 12.9. The maximum absolute atomic E-state index is 12.0. The first kappa shape index (κ1) is 15.0. The van der Waals surface area contributed by atoms with Crippen molar-refractivity contribution in [2.45, 2.75) is 6.42 Å². The lowest BCUT2D eigenvalue weighted by atomic mass is 10.0. The molecule has 0 saturated heterocycles. The van der Waals surface area contributed by atoms with E-state index in [-0.39, 0.29) is 11.1 Å². The number of ether oxygens (including phenoxy) is 2. The summed E-state index contributed by atoms with van der Waals surface area (Å²) in [7, 11) is 2.58. The first-order valence-corrected chi connectivity index (χ1v) is 7.23. The molecule has 1 aromatic carbocycles. The van der Waals surface area contributed by atoms with Gasteiger partial charge < -0.3 is 9.47 Å². The summed E-state index contributed by atoms with van der Waals surface area (Å²) in [5, 5.41) is 1.76. The number of hydrogen-bond acceptors (Lipinski definition) is 4. The van der Waals surface area contributed by atoms with Crippen LogP contribution in [0.2, 0.25) is 0 Å². The Balaban J connectivity index is 2.33. The summed E-state index contributed by atoms with van der Waals surface area (Å²) < 4.78 is 9.59. The molecule has 0 aromatic heterocycles. The van der Waals surface area contributed by atoms with Crippen LogP contribution in [0.25, 0.3) is 12.2 Å². The van der Waals surface area contributed by atoms with Gasteiger partial charge in [0.25, 0.3) is 0 Å². The first-order valence-electron chi connectivity index (χ1n) is 7.23. The van der Waals surface area contributed by atoms with Crippen molar-refractivity contribution in [3.8, 4) is 0 Å². The van der Waals surface area contributed by atoms with E-state index in [1.165, 1.54) is 14.2 Å². The van der Waals surface area contributed by atoms with Crippen LogP contribution in [-0.2, 0) is 9.47 Å². The number of rotatable bonds is 2. The van der Waals surface area contributed by atoms with E-state index in [2.05, 4.69) is 0 Å². The number of allylic oxidation sites excluding steroid dienone is 6. The van der Waals surface area contributed by atoms with Gasteiger partial charge in [0.05, 0.1) is 25.3 Å². The summed E-state index contributed by atoms with van der Waals surface area (Å²) in [6.45, 7) is 0. The van der Waals surface area contributed by atoms with E-state index in [1.54, 1.807) is 12.1 Å². The van der Waals surface area contributed by atoms with Crippen LogP contribution in [0.3, 0.4) is 0 Å². The molecular weight excluding hydrogens is 292 g/mol. The molecule has 23 heavy (non-hydrogen) atoms. The fraction of sp³-hybridized carbons (Fsp3) is 0.158. The normalized spacial score (nSPS) is 14.9. The molecule has 0 heterocycles. The largest absolute Gasteiger partial charge is 0.465 e. The summed E-state index contributed by atoms with van der Waals surface area (Å²) in [5.41, 5.74) is 2.70. The zero-order chi connectivity index (χ0) is 16.4. The smallest absolute Gasteiger partial charge is 0.338 e. The fourth-order valence-corrected chi connectivity index (χ4v) is 2.75. The standard InChI is InChI=1S/C19H16O4/c1-22-18(20)16-10-14-8-12-5-3-4-6-13(7-12)9-15(14)11-17(16)19(21)23-2/h3-6,8-11H,7H2,1-2H3. The first-order chi connectivity index (χ1) is 11.1. The summed E-state index contributed by atoms with van der Waals surface area (Å²) in [6, 6.07) is 3.37. The van der Waals surface area contributed by atoms with Crippen molar-refractivity contribution >= 4 is 24.1 Å². The van der Waals surface area contributed by atoms with E-state index in [1.807, 2.05) is 36.5 Å². The second kappa shape index (κ2) is 6.08. The van der Waals surface area contributed by atoms with Gasteiger partial charge in [-0.3, -0.25) is 0 Å². The molecule has 0 amide bonds. The third kappa shape index (κ3) is 2.88. The Morgan fingerprint density at radius 2 is 1.26 bits per heavy atom. The van der Waals surface area contributed by atoms with Crippen molar-refractivity contribution in [1.82, 2.24) is 0 Å². The molecule has 4 nitrogen and oxygen atoms in total. The minimum Gasteiger partial charge on any atom is -0.465 e. The molecule has 0 atom stereocenters. The molecule has 0 unspecified atom stereocenters. The molecule has 0 spiro atoms. The fourth-order valence-electron chi connectivity index (χ4n) is 2.75. The van der Waals surface area contributed by atoms with Crippen molar-refractivity contribution in [3.05, 3.63) is 69.1 Å². The Hall–Kier alpha value is -2.88. The Morgan fingerprint density at radius 3 is 1.65 bits per heavy atom. The average molecular weight is 308 g/mol. The summed E-state index contributed by atoms with van der Waals surface area (Å²) in [4.78, 5) is 24.0. The maximum Gasteiger partial charge on any atom is 0.338 e. The molecule has 3 rings (SSSR count). The Morgan fingerprint density at radius 1 is 0.826 bits per heavy atom. The highest BCUT2D eigenvalue weighted by Gasteiger charge is 2.19. The van der Waals surface area contributed by atoms with Crippen molar-refractivity contribution < 1.29 is 19.1 Å². The van der Waals surface area contributed by atoms with Crippen molar-refractivity contribution in [1.29, 1.82) is 0 Å². The van der Waals surface area contributed by atoms with Gasteiger partial charge in [0.2, 0.25) is 0 Å². The summed E-state index contributed by atoms with van der Waals surface area (Å²) >= 11 is 0. The zero-order valence-corrected chi connectivity index (χ0v) is 13.0. The van der Waals surface area contributed by atoms with E-state index in [0.717, 1.165) is 28.0 Å². The van der Waals surface area contributed by atoms with Crippen LogP contribution in [0.15, 0.2) is 47.6 Å². The van der Waals surface area contributed by atoms with Gasteiger partial charge in [-0.25, -0.2) is 9.59 Å². The summed E-state index contributed by atoms with van der Waals surface area (Å²) in [5.74, 6) is -1.11. The highest BCUT2D eigenvalue weighted by Crippen LogP contribution is 2.19. The molecule has 2 aliphatic carbocycles. The van der Waals surface area contributed by atoms with Crippen LogP contribution in [0.1, 0.15) is 27.1 Å². The van der Waals surface area contributed by atoms with Crippen molar-refractivity contribution in [3.63, 3.8) is 0 Å². The number of benzene rings is 1. The van der Waals surface area contributed by atoms with Gasteiger partial charge in [-0.1, -0.05) is 36.5 Å². The SMILES string of the molecule is COC(=O)c1cc2c(cc1C(=O)OC)=CC1=CC=CC=C(C=2)C1. The van der Waals surface area contributed by atoms with Gasteiger partial charge in [-0.15, -0.1) is 0 Å². The van der Waals surface area contributed by atoms with Gasteiger partial charge in [-0.05, 0) is 40.1 Å². The van der Waals surface area contributed by atoms with Crippen LogP contribution < -0.4 is 10.4 Å². The van der Waals surface area contributed by atoms with Crippen molar-refractivity contribution in [2.24, 2.45) is 0 Å². The number of hydrogen-bond donors (Lipinski definition) is 0. The topological polar surface area (TPSA) is 52.6 Å². The third-order valence-electron chi connectivity index (χ3n) is 3.86. The average Bonchev–Trinajstić information content (AvgIpc) is 2.89. The molecule has 116 valence electrons. The quantitative estimate of drug-likeness (QED) is 0.780. The molecule has 1 aromatic rings. The van der Waals surface area contributed by atoms with E-state index in [9.17, 15) is 9.59 Å². The molecule has 2 aliphatic rings. The number of esters is 2. The lowest BCUT2D eigenvalue weighted by Crippen LogP contribution is -2.29. The third-order valence-corrected chi connectivity index (χ3v) is 3.86. The van der Waals surface area contributed by atoms with E-state index in [4.69, 9.17) is 9.47 Å². The minimum atomic E-state index is -0.556. The lowest BCUT2D eigenvalue weighted by Gasteiger charge is -2.07. The zero-order valence-electron chi connectivity index (χ0n) is 13.0. The molecule has 0 radical (unpaired) electrons. The highest BCUT2D eigenvalue weighted by molar-refractivity contribution is 6.03.